The number of benzene rings is 3. The molecule has 1 amide bonds. The molecule has 0 spiro atoms. The molecule has 3 heteroatoms. The minimum absolute atomic E-state index is 0.178. The van der Waals surface area contributed by atoms with Crippen LogP contribution < -0.4 is 0 Å². The van der Waals surface area contributed by atoms with E-state index in [4.69, 9.17) is 0 Å². The summed E-state index contributed by atoms with van der Waals surface area (Å²) in [5.41, 5.74) is 4.08. The first-order valence-corrected chi connectivity index (χ1v) is 9.23. The Morgan fingerprint density at radius 2 is 1.41 bits per heavy atom. The van der Waals surface area contributed by atoms with Gasteiger partial charge in [-0.05, 0) is 41.7 Å². The van der Waals surface area contributed by atoms with Crippen LogP contribution >= 0.6 is 0 Å². The zero-order valence-corrected chi connectivity index (χ0v) is 15.7. The Morgan fingerprint density at radius 3 is 1.89 bits per heavy atom. The molecule has 4 rings (SSSR count). The normalized spacial score (nSPS) is 11.9. The number of halogens is 1. The fraction of sp³-hybridized carbons (Fsp3) is 0.208. The van der Waals surface area contributed by atoms with E-state index < -0.39 is 0 Å². The highest BCUT2D eigenvalue weighted by Crippen LogP contribution is 2.16. The molecule has 27 heavy (non-hydrogen) atoms. The lowest BCUT2D eigenvalue weighted by Crippen LogP contribution is -2.28. The van der Waals surface area contributed by atoms with Gasteiger partial charge in [-0.15, -0.1) is 0 Å². The molecule has 0 aliphatic carbocycles. The number of hydrogen-bond donors (Lipinski definition) is 0. The van der Waals surface area contributed by atoms with Crippen molar-refractivity contribution in [3.05, 3.63) is 107 Å². The van der Waals surface area contributed by atoms with Gasteiger partial charge in [0, 0.05) is 13.1 Å². The van der Waals surface area contributed by atoms with Gasteiger partial charge in [0.2, 0.25) is 6.41 Å². The summed E-state index contributed by atoms with van der Waals surface area (Å²) in [5.74, 6) is -0.178. The van der Waals surface area contributed by atoms with Gasteiger partial charge in [-0.1, -0.05) is 79.7 Å². The number of amides is 1. The molecule has 0 aromatic heterocycles. The summed E-state index contributed by atoms with van der Waals surface area (Å²) in [4.78, 5) is 12.3. The Balaban J connectivity index is 0.000000153. The summed E-state index contributed by atoms with van der Waals surface area (Å²) < 4.78 is 11.9. The standard InChI is InChI=1S/C10H11NO.C8H10.C6H5F/c12-8-11-6-5-9-3-1-2-4-10(9)7-11;1-2-8-6-4-3-5-7-8;7-6-4-2-1-3-5-6/h1-4,8H,5-7H2;3-7H,2H2,1H3;1-5H. The van der Waals surface area contributed by atoms with E-state index in [0.717, 1.165) is 32.3 Å². The van der Waals surface area contributed by atoms with Crippen LogP contribution in [0.3, 0.4) is 0 Å². The summed E-state index contributed by atoms with van der Waals surface area (Å²) in [6.07, 6.45) is 3.06. The Hall–Kier alpha value is -2.94. The van der Waals surface area contributed by atoms with Crippen molar-refractivity contribution in [1.82, 2.24) is 4.90 Å². The van der Waals surface area contributed by atoms with Gasteiger partial charge in [-0.2, -0.15) is 0 Å². The zero-order chi connectivity index (χ0) is 19.3. The summed E-state index contributed by atoms with van der Waals surface area (Å²) in [5, 5.41) is 0. The average Bonchev–Trinajstić information content (AvgIpc) is 2.75. The molecule has 0 unspecified atom stereocenters. The highest BCUT2D eigenvalue weighted by Gasteiger charge is 2.12. The molecular weight excluding hydrogens is 337 g/mol. The molecule has 1 heterocycles. The number of nitrogens with zero attached hydrogens (tertiary/aromatic N) is 1. The van der Waals surface area contributed by atoms with Gasteiger partial charge in [-0.25, -0.2) is 4.39 Å². The van der Waals surface area contributed by atoms with Crippen molar-refractivity contribution < 1.29 is 9.18 Å². The fourth-order valence-electron chi connectivity index (χ4n) is 2.74. The van der Waals surface area contributed by atoms with Crippen molar-refractivity contribution in [3.63, 3.8) is 0 Å². The number of fused-ring (bicyclic) bond motifs is 1. The molecule has 1 aliphatic heterocycles. The van der Waals surface area contributed by atoms with E-state index in [1.54, 1.807) is 18.2 Å². The summed E-state index contributed by atoms with van der Waals surface area (Å²) in [7, 11) is 0. The smallest absolute Gasteiger partial charge is 0.210 e. The molecule has 0 bridgehead atoms. The van der Waals surface area contributed by atoms with Gasteiger partial charge in [0.1, 0.15) is 5.82 Å². The number of carbonyl (C=O) groups is 1. The molecule has 0 saturated carbocycles. The van der Waals surface area contributed by atoms with Crippen LogP contribution in [-0.4, -0.2) is 17.9 Å². The van der Waals surface area contributed by atoms with Gasteiger partial charge in [0.05, 0.1) is 0 Å². The first-order valence-electron chi connectivity index (χ1n) is 9.23. The SMILES string of the molecule is CCc1ccccc1.Fc1ccccc1.O=CN1CCc2ccccc2C1. The molecule has 0 radical (unpaired) electrons. The van der Waals surface area contributed by atoms with Crippen LogP contribution in [-0.2, 0) is 24.2 Å². The lowest BCUT2D eigenvalue weighted by atomic mass is 10.0. The van der Waals surface area contributed by atoms with Crippen molar-refractivity contribution >= 4 is 6.41 Å². The molecule has 0 atom stereocenters. The molecule has 2 nitrogen and oxygen atoms in total. The van der Waals surface area contributed by atoms with Gasteiger partial charge in [-0.3, -0.25) is 4.79 Å². The summed E-state index contributed by atoms with van der Waals surface area (Å²) in [6, 6.07) is 26.7. The third-order valence-corrected chi connectivity index (χ3v) is 4.29. The van der Waals surface area contributed by atoms with Crippen LogP contribution in [0.1, 0.15) is 23.6 Å². The van der Waals surface area contributed by atoms with Gasteiger partial charge in [0.25, 0.3) is 0 Å². The first kappa shape index (κ1) is 20.4. The number of hydrogen-bond acceptors (Lipinski definition) is 1. The Morgan fingerprint density at radius 1 is 0.852 bits per heavy atom. The van der Waals surface area contributed by atoms with Crippen LogP contribution in [0.25, 0.3) is 0 Å². The maximum absolute atomic E-state index is 11.9. The molecular formula is C24H26FNO. The van der Waals surface area contributed by atoms with Crippen molar-refractivity contribution in [2.24, 2.45) is 0 Å². The molecule has 0 saturated heterocycles. The second kappa shape index (κ2) is 11.6. The Labute approximate surface area is 161 Å². The first-order chi connectivity index (χ1) is 13.2. The second-order valence-corrected chi connectivity index (χ2v) is 6.23. The maximum Gasteiger partial charge on any atom is 0.210 e. The highest BCUT2D eigenvalue weighted by molar-refractivity contribution is 5.49. The number of carbonyl (C=O) groups excluding carboxylic acids is 1. The Bertz CT molecular complexity index is 790. The van der Waals surface area contributed by atoms with E-state index in [0.29, 0.717) is 0 Å². The van der Waals surface area contributed by atoms with Crippen LogP contribution in [0.2, 0.25) is 0 Å². The lowest BCUT2D eigenvalue weighted by molar-refractivity contribution is -0.118. The van der Waals surface area contributed by atoms with E-state index >= 15 is 0 Å². The topological polar surface area (TPSA) is 20.3 Å². The van der Waals surface area contributed by atoms with Crippen molar-refractivity contribution in [3.8, 4) is 0 Å². The molecule has 140 valence electrons. The van der Waals surface area contributed by atoms with Crippen molar-refractivity contribution in [2.75, 3.05) is 6.54 Å². The molecule has 0 N–H and O–H groups in total. The van der Waals surface area contributed by atoms with Crippen LogP contribution in [0.15, 0.2) is 84.9 Å². The predicted molar refractivity (Wildman–Crippen MR) is 109 cm³/mol. The van der Waals surface area contributed by atoms with E-state index in [1.807, 2.05) is 17.0 Å². The van der Waals surface area contributed by atoms with Crippen molar-refractivity contribution in [2.45, 2.75) is 26.3 Å². The van der Waals surface area contributed by atoms with E-state index in [1.165, 1.54) is 28.8 Å². The minimum atomic E-state index is -0.178. The Kier molecular flexibility index (Phi) is 8.78. The number of aryl methyl sites for hydroxylation is 1. The highest BCUT2D eigenvalue weighted by atomic mass is 19.1. The fourth-order valence-corrected chi connectivity index (χ4v) is 2.74. The third-order valence-electron chi connectivity index (χ3n) is 4.29. The minimum Gasteiger partial charge on any atom is -0.341 e. The maximum atomic E-state index is 11.9. The van der Waals surface area contributed by atoms with Crippen LogP contribution in [0.5, 0.6) is 0 Å². The second-order valence-electron chi connectivity index (χ2n) is 6.23. The third kappa shape index (κ3) is 7.45. The molecule has 3 aromatic carbocycles. The molecule has 1 aliphatic rings. The van der Waals surface area contributed by atoms with Gasteiger partial charge in [0.15, 0.2) is 0 Å². The van der Waals surface area contributed by atoms with Gasteiger partial charge >= 0.3 is 0 Å². The van der Waals surface area contributed by atoms with E-state index in [2.05, 4.69) is 49.4 Å². The van der Waals surface area contributed by atoms with Crippen LogP contribution in [0, 0.1) is 5.82 Å². The lowest BCUT2D eigenvalue weighted by Gasteiger charge is -2.24. The summed E-state index contributed by atoms with van der Waals surface area (Å²) >= 11 is 0. The summed E-state index contributed by atoms with van der Waals surface area (Å²) in [6.45, 7) is 3.80. The van der Waals surface area contributed by atoms with Crippen molar-refractivity contribution in [1.29, 1.82) is 0 Å². The predicted octanol–water partition coefficient (Wildman–Crippen LogP) is 5.28. The zero-order valence-electron chi connectivity index (χ0n) is 15.7. The molecule has 0 fully saturated rings. The van der Waals surface area contributed by atoms with E-state index in [9.17, 15) is 9.18 Å². The number of rotatable bonds is 2. The monoisotopic (exact) mass is 363 g/mol. The largest absolute Gasteiger partial charge is 0.341 e. The average molecular weight is 363 g/mol. The quantitative estimate of drug-likeness (QED) is 0.568. The van der Waals surface area contributed by atoms with E-state index in [-0.39, 0.29) is 5.82 Å². The van der Waals surface area contributed by atoms with Crippen LogP contribution in [0.4, 0.5) is 4.39 Å². The molecule has 3 aromatic rings. The van der Waals surface area contributed by atoms with Gasteiger partial charge < -0.3 is 4.90 Å².